The van der Waals surface area contributed by atoms with Crippen LogP contribution in [0.25, 0.3) is 0 Å². The molecule has 2 aromatic rings. The molecule has 0 spiro atoms. The van der Waals surface area contributed by atoms with Gasteiger partial charge in [-0.15, -0.1) is 0 Å². The number of nitrogens with zero attached hydrogens (tertiary/aromatic N) is 5. The van der Waals surface area contributed by atoms with Crippen molar-refractivity contribution in [1.82, 2.24) is 19.7 Å². The number of hydrogen-bond acceptors (Lipinski definition) is 5. The fraction of sp³-hybridized carbons (Fsp3) is 0.500. The summed E-state index contributed by atoms with van der Waals surface area (Å²) < 4.78 is 1.76. The number of anilines is 2. The Hall–Kier alpha value is -2.44. The molecule has 7 nitrogen and oxygen atoms in total. The van der Waals surface area contributed by atoms with E-state index in [1.165, 1.54) is 12.8 Å². The molecule has 2 aromatic heterocycles. The highest BCUT2D eigenvalue weighted by Crippen LogP contribution is 2.38. The van der Waals surface area contributed by atoms with Crippen LogP contribution < -0.4 is 10.2 Å². The number of nitrogens with one attached hydrogen (secondary N) is 1. The maximum Gasteiger partial charge on any atom is 0.250 e. The molecular formula is C16H20N6O. The van der Waals surface area contributed by atoms with Crippen molar-refractivity contribution in [3.63, 3.8) is 0 Å². The van der Waals surface area contributed by atoms with E-state index in [0.717, 1.165) is 29.6 Å². The Balaban J connectivity index is 1.49. The fourth-order valence-electron chi connectivity index (χ4n) is 3.06. The zero-order valence-electron chi connectivity index (χ0n) is 13.4. The van der Waals surface area contributed by atoms with E-state index in [1.807, 2.05) is 26.1 Å². The molecule has 1 amide bonds. The summed E-state index contributed by atoms with van der Waals surface area (Å²) >= 11 is 0. The molecule has 0 bridgehead atoms. The molecule has 1 aliphatic heterocycles. The maximum absolute atomic E-state index is 12.7. The first-order valence-electron chi connectivity index (χ1n) is 8.03. The molecule has 7 heteroatoms. The van der Waals surface area contributed by atoms with Gasteiger partial charge in [-0.2, -0.15) is 5.10 Å². The van der Waals surface area contributed by atoms with Gasteiger partial charge in [0, 0.05) is 31.8 Å². The van der Waals surface area contributed by atoms with Gasteiger partial charge >= 0.3 is 0 Å². The largest absolute Gasteiger partial charge is 0.358 e. The molecule has 3 heterocycles. The number of carbonyl (C=O) groups excluding carboxylic acids is 1. The minimum absolute atomic E-state index is 0.0691. The lowest BCUT2D eigenvalue weighted by molar-refractivity contribution is -0.117. The van der Waals surface area contributed by atoms with Crippen LogP contribution in [0.15, 0.2) is 18.3 Å². The Kier molecular flexibility index (Phi) is 3.28. The van der Waals surface area contributed by atoms with Gasteiger partial charge in [0.25, 0.3) is 5.91 Å². The lowest BCUT2D eigenvalue weighted by Crippen LogP contribution is -2.34. The molecule has 2 aliphatic rings. The molecule has 1 saturated heterocycles. The number of amides is 1. The van der Waals surface area contributed by atoms with E-state index in [2.05, 4.69) is 20.4 Å². The third-order valence-electron chi connectivity index (χ3n) is 4.40. The number of aryl methyl sites for hydroxylation is 2. The second kappa shape index (κ2) is 5.33. The predicted octanol–water partition coefficient (Wildman–Crippen LogP) is 1.61. The molecule has 120 valence electrons. The molecule has 2 fully saturated rings. The van der Waals surface area contributed by atoms with E-state index in [9.17, 15) is 4.79 Å². The van der Waals surface area contributed by atoms with Crippen molar-refractivity contribution in [2.45, 2.75) is 38.1 Å². The quantitative estimate of drug-likeness (QED) is 0.928. The van der Waals surface area contributed by atoms with Crippen LogP contribution >= 0.6 is 0 Å². The Morgan fingerprint density at radius 1 is 1.30 bits per heavy atom. The number of carbonyl (C=O) groups is 1. The molecule has 23 heavy (non-hydrogen) atoms. The third-order valence-corrected chi connectivity index (χ3v) is 4.40. The summed E-state index contributed by atoms with van der Waals surface area (Å²) in [4.78, 5) is 23.3. The van der Waals surface area contributed by atoms with Gasteiger partial charge in [-0.25, -0.2) is 9.97 Å². The molecule has 0 aromatic carbocycles. The minimum Gasteiger partial charge on any atom is -0.358 e. The number of rotatable bonds is 4. The van der Waals surface area contributed by atoms with Crippen molar-refractivity contribution in [3.05, 3.63) is 29.8 Å². The highest BCUT2D eigenvalue weighted by Gasteiger charge is 2.34. The van der Waals surface area contributed by atoms with Crippen molar-refractivity contribution >= 4 is 17.5 Å². The van der Waals surface area contributed by atoms with Crippen molar-refractivity contribution < 1.29 is 4.79 Å². The highest BCUT2D eigenvalue weighted by molar-refractivity contribution is 6.00. The molecular weight excluding hydrogens is 292 g/mol. The zero-order chi connectivity index (χ0) is 16.0. The minimum atomic E-state index is -0.243. The van der Waals surface area contributed by atoms with Gasteiger partial charge < -0.3 is 5.32 Å². The first kappa shape index (κ1) is 14.2. The first-order valence-corrected chi connectivity index (χ1v) is 8.03. The Labute approximate surface area is 134 Å². The zero-order valence-corrected chi connectivity index (χ0v) is 13.4. The summed E-state index contributed by atoms with van der Waals surface area (Å²) in [7, 11) is 1.86. The topological polar surface area (TPSA) is 75.9 Å². The normalized spacial score (nSPS) is 21.0. The van der Waals surface area contributed by atoms with Gasteiger partial charge in [-0.1, -0.05) is 0 Å². The molecule has 1 aliphatic carbocycles. The van der Waals surface area contributed by atoms with Crippen molar-refractivity contribution in [1.29, 1.82) is 0 Å². The van der Waals surface area contributed by atoms with Crippen molar-refractivity contribution in [2.24, 2.45) is 7.05 Å². The van der Waals surface area contributed by atoms with Crippen LogP contribution in [-0.2, 0) is 11.8 Å². The van der Waals surface area contributed by atoms with Crippen LogP contribution in [0.1, 0.15) is 36.7 Å². The van der Waals surface area contributed by atoms with Crippen LogP contribution in [0.2, 0.25) is 0 Å². The summed E-state index contributed by atoms with van der Waals surface area (Å²) in [5.41, 5.74) is 0.914. The third kappa shape index (κ3) is 2.67. The molecule has 1 N–H and O–H groups in total. The molecule has 1 saturated carbocycles. The predicted molar refractivity (Wildman–Crippen MR) is 86.3 cm³/mol. The summed E-state index contributed by atoms with van der Waals surface area (Å²) in [5.74, 6) is 3.05. The maximum atomic E-state index is 12.7. The second-order valence-corrected chi connectivity index (χ2v) is 6.32. The Morgan fingerprint density at radius 3 is 2.83 bits per heavy atom. The van der Waals surface area contributed by atoms with Crippen LogP contribution in [0.5, 0.6) is 0 Å². The monoisotopic (exact) mass is 312 g/mol. The standard InChI is InChI=1S/C16H20N6O/c1-10-9-14(21(2)20-10)22-8-6-12(16(22)23)18-13-5-7-17-15(19-13)11-3-4-11/h5,7,9,11-12H,3-4,6,8H2,1-2H3,(H,17,18,19). The fourth-order valence-corrected chi connectivity index (χ4v) is 3.06. The van der Waals surface area contributed by atoms with E-state index >= 15 is 0 Å². The molecule has 0 radical (unpaired) electrons. The van der Waals surface area contributed by atoms with Crippen LogP contribution in [-0.4, -0.2) is 38.2 Å². The average Bonchev–Trinajstić information content (AvgIpc) is 3.25. The number of aromatic nitrogens is 4. The van der Waals surface area contributed by atoms with Gasteiger partial charge in [-0.05, 0) is 32.3 Å². The molecule has 1 unspecified atom stereocenters. The Bertz CT molecular complexity index is 751. The number of hydrogen-bond donors (Lipinski definition) is 1. The lowest BCUT2D eigenvalue weighted by Gasteiger charge is -2.17. The lowest BCUT2D eigenvalue weighted by atomic mass is 10.2. The van der Waals surface area contributed by atoms with Gasteiger partial charge in [0.15, 0.2) is 0 Å². The summed E-state index contributed by atoms with van der Waals surface area (Å²) in [6.45, 7) is 2.62. The van der Waals surface area contributed by atoms with Crippen molar-refractivity contribution in [2.75, 3.05) is 16.8 Å². The van der Waals surface area contributed by atoms with E-state index in [-0.39, 0.29) is 11.9 Å². The average molecular weight is 312 g/mol. The second-order valence-electron chi connectivity index (χ2n) is 6.32. The van der Waals surface area contributed by atoms with Crippen LogP contribution in [0, 0.1) is 6.92 Å². The summed E-state index contributed by atoms with van der Waals surface area (Å²) in [6.07, 6.45) is 4.86. The van der Waals surface area contributed by atoms with E-state index in [4.69, 9.17) is 0 Å². The van der Waals surface area contributed by atoms with Crippen LogP contribution in [0.3, 0.4) is 0 Å². The van der Waals surface area contributed by atoms with Gasteiger partial charge in [0.05, 0.1) is 5.69 Å². The highest BCUT2D eigenvalue weighted by atomic mass is 16.2. The van der Waals surface area contributed by atoms with Crippen LogP contribution in [0.4, 0.5) is 11.6 Å². The van der Waals surface area contributed by atoms with Gasteiger partial charge in [0.2, 0.25) is 0 Å². The van der Waals surface area contributed by atoms with Crippen molar-refractivity contribution in [3.8, 4) is 0 Å². The first-order chi connectivity index (χ1) is 11.1. The van der Waals surface area contributed by atoms with E-state index in [0.29, 0.717) is 12.5 Å². The van der Waals surface area contributed by atoms with E-state index in [1.54, 1.807) is 15.8 Å². The molecule has 4 rings (SSSR count). The molecule has 1 atom stereocenters. The van der Waals surface area contributed by atoms with E-state index < -0.39 is 0 Å². The Morgan fingerprint density at radius 2 is 2.13 bits per heavy atom. The van der Waals surface area contributed by atoms with Gasteiger partial charge in [0.1, 0.15) is 23.5 Å². The van der Waals surface area contributed by atoms with Gasteiger partial charge in [-0.3, -0.25) is 14.4 Å². The SMILES string of the molecule is Cc1cc(N2CCC(Nc3ccnc(C4CC4)n3)C2=O)n(C)n1. The summed E-state index contributed by atoms with van der Waals surface area (Å²) in [5, 5.41) is 7.59. The summed E-state index contributed by atoms with van der Waals surface area (Å²) in [6, 6.07) is 3.53. The smallest absolute Gasteiger partial charge is 0.250 e.